The molecule has 2 aromatic rings. The van der Waals surface area contributed by atoms with Crippen LogP contribution in [0.3, 0.4) is 0 Å². The van der Waals surface area contributed by atoms with Crippen molar-refractivity contribution >= 4 is 17.3 Å². The minimum Gasteiger partial charge on any atom is -0.316 e. The van der Waals surface area contributed by atoms with Crippen molar-refractivity contribution in [3.8, 4) is 0 Å². The predicted octanol–water partition coefficient (Wildman–Crippen LogP) is 1.88. The van der Waals surface area contributed by atoms with Gasteiger partial charge in [-0.15, -0.1) is 0 Å². The van der Waals surface area contributed by atoms with Gasteiger partial charge in [0.05, 0.1) is 16.7 Å². The van der Waals surface area contributed by atoms with E-state index >= 15 is 0 Å². The number of para-hydroxylation sites is 2. The molecule has 2 N–H and O–H groups in total. The highest BCUT2D eigenvalue weighted by Crippen LogP contribution is 2.23. The fourth-order valence-corrected chi connectivity index (χ4v) is 1.51. The van der Waals surface area contributed by atoms with Crippen molar-refractivity contribution in [3.05, 3.63) is 51.8 Å². The molecule has 18 heavy (non-hydrogen) atoms. The molecular formula is C11H10N4O3. The molecule has 0 atom stereocenters. The molecule has 0 aliphatic rings. The number of rotatable bonds is 3. The first-order valence-corrected chi connectivity index (χ1v) is 5.14. The highest BCUT2D eigenvalue weighted by Gasteiger charge is 2.17. The molecule has 0 aliphatic heterocycles. The van der Waals surface area contributed by atoms with Crippen LogP contribution < -0.4 is 5.32 Å². The number of aryl methyl sites for hydroxylation is 1. The van der Waals surface area contributed by atoms with Gasteiger partial charge in [0.25, 0.3) is 11.6 Å². The number of amides is 1. The maximum absolute atomic E-state index is 11.9. The lowest BCUT2D eigenvalue weighted by atomic mass is 10.2. The Labute approximate surface area is 102 Å². The van der Waals surface area contributed by atoms with Crippen LogP contribution in [0, 0.1) is 17.0 Å². The number of aromatic nitrogens is 2. The Bertz CT molecular complexity index is 606. The normalized spacial score (nSPS) is 10.1. The third-order valence-corrected chi connectivity index (χ3v) is 2.42. The number of nitrogens with zero attached hydrogens (tertiary/aromatic N) is 2. The number of carbonyl (C=O) groups is 1. The highest BCUT2D eigenvalue weighted by atomic mass is 16.6. The molecule has 0 bridgehead atoms. The van der Waals surface area contributed by atoms with Gasteiger partial charge < -0.3 is 5.32 Å². The Kier molecular flexibility index (Phi) is 3.05. The maximum Gasteiger partial charge on any atom is 0.292 e. The van der Waals surface area contributed by atoms with E-state index < -0.39 is 10.8 Å². The zero-order valence-corrected chi connectivity index (χ0v) is 9.51. The molecule has 0 unspecified atom stereocenters. The van der Waals surface area contributed by atoms with Crippen LogP contribution in [0.1, 0.15) is 16.1 Å². The molecule has 0 saturated heterocycles. The van der Waals surface area contributed by atoms with Crippen molar-refractivity contribution in [2.45, 2.75) is 6.92 Å². The Hall–Kier alpha value is -2.70. The van der Waals surface area contributed by atoms with Gasteiger partial charge in [-0.1, -0.05) is 12.1 Å². The van der Waals surface area contributed by atoms with Crippen LogP contribution in [0.4, 0.5) is 11.4 Å². The van der Waals surface area contributed by atoms with Gasteiger partial charge in [0.15, 0.2) is 0 Å². The Morgan fingerprint density at radius 2 is 2.17 bits per heavy atom. The van der Waals surface area contributed by atoms with Gasteiger partial charge in [0.1, 0.15) is 5.69 Å². The van der Waals surface area contributed by atoms with E-state index in [9.17, 15) is 14.9 Å². The number of carbonyl (C=O) groups excluding carboxylic acids is 1. The number of hydrogen-bond acceptors (Lipinski definition) is 4. The summed E-state index contributed by atoms with van der Waals surface area (Å²) < 4.78 is 0. The Morgan fingerprint density at radius 3 is 2.78 bits per heavy atom. The molecule has 0 aliphatic carbocycles. The molecule has 1 heterocycles. The molecule has 0 fully saturated rings. The van der Waals surface area contributed by atoms with Crippen LogP contribution in [-0.4, -0.2) is 21.0 Å². The predicted molar refractivity (Wildman–Crippen MR) is 64.4 cm³/mol. The fourth-order valence-electron chi connectivity index (χ4n) is 1.51. The maximum atomic E-state index is 11.9. The van der Waals surface area contributed by atoms with E-state index in [2.05, 4.69) is 15.5 Å². The van der Waals surface area contributed by atoms with Crippen LogP contribution in [-0.2, 0) is 0 Å². The van der Waals surface area contributed by atoms with E-state index in [0.29, 0.717) is 11.3 Å². The smallest absolute Gasteiger partial charge is 0.292 e. The van der Waals surface area contributed by atoms with E-state index in [-0.39, 0.29) is 11.4 Å². The number of H-pyrrole nitrogens is 1. The summed E-state index contributed by atoms with van der Waals surface area (Å²) in [5, 5.41) is 19.6. The molecule has 92 valence electrons. The van der Waals surface area contributed by atoms with Gasteiger partial charge in [-0.05, 0) is 13.0 Å². The van der Waals surface area contributed by atoms with Gasteiger partial charge >= 0.3 is 0 Å². The van der Waals surface area contributed by atoms with Crippen molar-refractivity contribution in [1.29, 1.82) is 0 Å². The summed E-state index contributed by atoms with van der Waals surface area (Å²) in [6.45, 7) is 1.70. The topological polar surface area (TPSA) is 101 Å². The lowest BCUT2D eigenvalue weighted by Crippen LogP contribution is -2.13. The van der Waals surface area contributed by atoms with Gasteiger partial charge in [0, 0.05) is 11.8 Å². The number of nitrogens with one attached hydrogen (secondary N) is 2. The minimum atomic E-state index is -0.544. The monoisotopic (exact) mass is 246 g/mol. The van der Waals surface area contributed by atoms with Crippen LogP contribution in [0.2, 0.25) is 0 Å². The molecule has 2 rings (SSSR count). The molecule has 0 saturated carbocycles. The zero-order valence-electron chi connectivity index (χ0n) is 9.51. The Morgan fingerprint density at radius 1 is 1.44 bits per heavy atom. The average Bonchev–Trinajstić information content (AvgIpc) is 2.76. The molecular weight excluding hydrogens is 236 g/mol. The van der Waals surface area contributed by atoms with Crippen molar-refractivity contribution < 1.29 is 9.72 Å². The van der Waals surface area contributed by atoms with E-state index in [1.807, 2.05) is 0 Å². The molecule has 1 aromatic heterocycles. The van der Waals surface area contributed by atoms with Crippen LogP contribution in [0.5, 0.6) is 0 Å². The van der Waals surface area contributed by atoms with Gasteiger partial charge in [-0.25, -0.2) is 0 Å². The molecule has 1 aromatic carbocycles. The van der Waals surface area contributed by atoms with Crippen molar-refractivity contribution in [2.24, 2.45) is 0 Å². The summed E-state index contributed by atoms with van der Waals surface area (Å²) in [5.74, 6) is -0.435. The van der Waals surface area contributed by atoms with Crippen molar-refractivity contribution in [2.75, 3.05) is 5.32 Å². The summed E-state index contributed by atoms with van der Waals surface area (Å²) in [7, 11) is 0. The largest absolute Gasteiger partial charge is 0.316 e. The number of benzene rings is 1. The summed E-state index contributed by atoms with van der Waals surface area (Å²) in [6.07, 6.45) is 1.37. The molecule has 1 amide bonds. The fraction of sp³-hybridized carbons (Fsp3) is 0.0909. The molecule has 7 nitrogen and oxygen atoms in total. The van der Waals surface area contributed by atoms with E-state index in [1.54, 1.807) is 13.0 Å². The summed E-state index contributed by atoms with van der Waals surface area (Å²) >= 11 is 0. The van der Waals surface area contributed by atoms with Crippen LogP contribution >= 0.6 is 0 Å². The van der Waals surface area contributed by atoms with Crippen LogP contribution in [0.15, 0.2) is 30.5 Å². The number of hydrogen-bond donors (Lipinski definition) is 2. The van der Waals surface area contributed by atoms with E-state index in [0.717, 1.165) is 0 Å². The number of anilines is 1. The second kappa shape index (κ2) is 4.66. The SMILES string of the molecule is Cc1[nH]ncc1C(=O)Nc1ccccc1[N+](=O)[O-]. The first-order chi connectivity index (χ1) is 8.59. The van der Waals surface area contributed by atoms with E-state index in [4.69, 9.17) is 0 Å². The van der Waals surface area contributed by atoms with Gasteiger partial charge in [-0.2, -0.15) is 5.10 Å². The molecule has 0 radical (unpaired) electrons. The lowest BCUT2D eigenvalue weighted by molar-refractivity contribution is -0.383. The summed E-state index contributed by atoms with van der Waals surface area (Å²) in [4.78, 5) is 22.1. The Balaban J connectivity index is 2.28. The van der Waals surface area contributed by atoms with Crippen molar-refractivity contribution in [3.63, 3.8) is 0 Å². The summed E-state index contributed by atoms with van der Waals surface area (Å²) in [6, 6.07) is 5.96. The average molecular weight is 246 g/mol. The number of nitro groups is 1. The zero-order chi connectivity index (χ0) is 13.1. The second-order valence-corrected chi connectivity index (χ2v) is 3.64. The second-order valence-electron chi connectivity index (χ2n) is 3.64. The van der Waals surface area contributed by atoms with Gasteiger partial charge in [0.2, 0.25) is 0 Å². The number of aromatic amines is 1. The van der Waals surface area contributed by atoms with Gasteiger partial charge in [-0.3, -0.25) is 20.0 Å². The first kappa shape index (κ1) is 11.8. The molecule has 0 spiro atoms. The summed E-state index contributed by atoms with van der Waals surface area (Å²) in [5.41, 5.74) is 0.972. The van der Waals surface area contributed by atoms with Crippen LogP contribution in [0.25, 0.3) is 0 Å². The third-order valence-electron chi connectivity index (χ3n) is 2.42. The first-order valence-electron chi connectivity index (χ1n) is 5.14. The van der Waals surface area contributed by atoms with Crippen molar-refractivity contribution in [1.82, 2.24) is 10.2 Å². The highest BCUT2D eigenvalue weighted by molar-refractivity contribution is 6.05. The molecule has 7 heteroatoms. The quantitative estimate of drug-likeness (QED) is 0.637. The lowest BCUT2D eigenvalue weighted by Gasteiger charge is -2.04. The third kappa shape index (κ3) is 2.19. The standard InChI is InChI=1S/C11H10N4O3/c1-7-8(6-12-14-7)11(16)13-9-4-2-3-5-10(9)15(17)18/h2-6H,1H3,(H,12,14)(H,13,16). The minimum absolute atomic E-state index is 0.146. The number of nitro benzene ring substituents is 1. The van der Waals surface area contributed by atoms with E-state index in [1.165, 1.54) is 24.4 Å².